The van der Waals surface area contributed by atoms with Crippen LogP contribution in [0.2, 0.25) is 0 Å². The topological polar surface area (TPSA) is 121 Å². The van der Waals surface area contributed by atoms with Crippen LogP contribution in [0.25, 0.3) is 0 Å². The molecule has 1 saturated heterocycles. The lowest BCUT2D eigenvalue weighted by Gasteiger charge is -2.12. The second-order valence-electron chi connectivity index (χ2n) is 4.55. The third-order valence-corrected chi connectivity index (χ3v) is 3.81. The smallest absolute Gasteiger partial charge is 0.325 e. The van der Waals surface area contributed by atoms with Gasteiger partial charge in [-0.15, -0.1) is 3.89 Å². The summed E-state index contributed by atoms with van der Waals surface area (Å²) in [5.41, 5.74) is 0.126. The normalized spacial score (nSPS) is 15.3. The number of imide groups is 2. The summed E-state index contributed by atoms with van der Waals surface area (Å²) in [6.07, 6.45) is 0. The number of likely N-dealkylation sites (N-methyl/N-ethyl adjacent to an activating group) is 1. The van der Waals surface area contributed by atoms with Gasteiger partial charge in [-0.3, -0.25) is 19.3 Å². The Hall–Kier alpha value is -2.82. The summed E-state index contributed by atoms with van der Waals surface area (Å²) >= 11 is 0. The molecular formula is C12H10FN3O6S. The summed E-state index contributed by atoms with van der Waals surface area (Å²) in [7, 11) is -3.74. The van der Waals surface area contributed by atoms with Gasteiger partial charge in [0.25, 0.3) is 0 Å². The number of anilines is 1. The molecule has 23 heavy (non-hydrogen) atoms. The molecule has 0 aliphatic carbocycles. The van der Waals surface area contributed by atoms with E-state index in [0.29, 0.717) is 9.80 Å². The number of amides is 5. The summed E-state index contributed by atoms with van der Waals surface area (Å²) in [5, 5.41) is 2.29. The lowest BCUT2D eigenvalue weighted by atomic mass is 10.3. The third-order valence-electron chi connectivity index (χ3n) is 2.97. The first-order valence-corrected chi connectivity index (χ1v) is 7.47. The highest BCUT2D eigenvalue weighted by molar-refractivity contribution is 7.86. The molecule has 0 radical (unpaired) electrons. The van der Waals surface area contributed by atoms with Gasteiger partial charge >= 0.3 is 28.1 Å². The molecule has 5 amide bonds. The second-order valence-corrected chi connectivity index (χ2v) is 5.90. The first-order chi connectivity index (χ1) is 10.6. The molecule has 0 aromatic heterocycles. The number of halogens is 1. The molecule has 0 atom stereocenters. The van der Waals surface area contributed by atoms with Crippen LogP contribution in [0.15, 0.2) is 29.2 Å². The van der Waals surface area contributed by atoms with Gasteiger partial charge in [-0.05, 0) is 24.3 Å². The molecule has 1 fully saturated rings. The van der Waals surface area contributed by atoms with E-state index in [0.717, 1.165) is 31.3 Å². The maximum absolute atomic E-state index is 12.7. The average molecular weight is 343 g/mol. The Morgan fingerprint density at radius 3 is 2.13 bits per heavy atom. The minimum absolute atomic E-state index is 0.126. The lowest BCUT2D eigenvalue weighted by Crippen LogP contribution is -2.38. The van der Waals surface area contributed by atoms with Crippen molar-refractivity contribution in [3.8, 4) is 0 Å². The Bertz CT molecular complexity index is 805. The highest BCUT2D eigenvalue weighted by Gasteiger charge is 2.42. The van der Waals surface area contributed by atoms with Crippen LogP contribution in [-0.4, -0.2) is 55.6 Å². The van der Waals surface area contributed by atoms with Crippen molar-refractivity contribution in [3.63, 3.8) is 0 Å². The molecule has 11 heteroatoms. The largest absolute Gasteiger partial charge is 0.334 e. The minimum atomic E-state index is -4.85. The van der Waals surface area contributed by atoms with Crippen LogP contribution in [0, 0.1) is 0 Å². The van der Waals surface area contributed by atoms with E-state index < -0.39 is 45.4 Å². The number of urea groups is 1. The number of carbonyl (C=O) groups is 4. The summed E-state index contributed by atoms with van der Waals surface area (Å²) in [5.74, 6) is -2.95. The molecular weight excluding hydrogens is 333 g/mol. The average Bonchev–Trinajstić information content (AvgIpc) is 2.65. The number of carbonyl (C=O) groups excluding carboxylic acids is 4. The third kappa shape index (κ3) is 3.34. The van der Waals surface area contributed by atoms with E-state index in [-0.39, 0.29) is 5.69 Å². The molecule has 0 unspecified atom stereocenters. The standard InChI is InChI=1S/C12H10FN3O6S/c1-15-10(18)11(19)16(12(15)20)6-9(17)14-7-2-4-8(5-3-7)23(13,21)22/h2-5H,6H2,1H3,(H,14,17). The number of hydrogen-bond donors (Lipinski definition) is 1. The lowest BCUT2D eigenvalue weighted by molar-refractivity contribution is -0.143. The number of rotatable bonds is 4. The maximum atomic E-state index is 12.7. The molecule has 1 aliphatic rings. The van der Waals surface area contributed by atoms with Gasteiger partial charge < -0.3 is 5.32 Å². The van der Waals surface area contributed by atoms with Crippen molar-refractivity contribution in [1.29, 1.82) is 0 Å². The van der Waals surface area contributed by atoms with Crippen LogP contribution in [0.3, 0.4) is 0 Å². The SMILES string of the molecule is CN1C(=O)C(=O)N(CC(=O)Nc2ccc(S(=O)(=O)F)cc2)C1=O. The van der Waals surface area contributed by atoms with Crippen molar-refractivity contribution >= 4 is 39.7 Å². The Balaban J connectivity index is 2.04. The van der Waals surface area contributed by atoms with Crippen molar-refractivity contribution in [2.24, 2.45) is 0 Å². The summed E-state index contributed by atoms with van der Waals surface area (Å²) in [4.78, 5) is 46.6. The molecule has 1 aromatic rings. The van der Waals surface area contributed by atoms with Crippen molar-refractivity contribution in [3.05, 3.63) is 24.3 Å². The zero-order valence-corrected chi connectivity index (χ0v) is 12.5. The van der Waals surface area contributed by atoms with Gasteiger partial charge in [-0.25, -0.2) is 9.69 Å². The van der Waals surface area contributed by atoms with E-state index in [1.165, 1.54) is 0 Å². The molecule has 122 valence electrons. The summed E-state index contributed by atoms with van der Waals surface area (Å²) in [6.45, 7) is -0.684. The van der Waals surface area contributed by atoms with Gasteiger partial charge in [0.2, 0.25) is 5.91 Å². The van der Waals surface area contributed by atoms with Gasteiger partial charge in [0, 0.05) is 12.7 Å². The van der Waals surface area contributed by atoms with Crippen LogP contribution in [0.4, 0.5) is 14.4 Å². The highest BCUT2D eigenvalue weighted by atomic mass is 32.3. The number of hydrogen-bond acceptors (Lipinski definition) is 6. The number of benzene rings is 1. The fraction of sp³-hybridized carbons (Fsp3) is 0.167. The Morgan fingerprint density at radius 1 is 1.13 bits per heavy atom. The summed E-state index contributed by atoms with van der Waals surface area (Å²) in [6, 6.07) is 3.22. The van der Waals surface area contributed by atoms with E-state index >= 15 is 0 Å². The van der Waals surface area contributed by atoms with Crippen molar-refractivity contribution in [1.82, 2.24) is 9.80 Å². The van der Waals surface area contributed by atoms with Gasteiger partial charge in [0.15, 0.2) is 0 Å². The van der Waals surface area contributed by atoms with E-state index in [2.05, 4.69) is 5.32 Å². The molecule has 1 N–H and O–H groups in total. The summed E-state index contributed by atoms with van der Waals surface area (Å²) < 4.78 is 34.0. The maximum Gasteiger partial charge on any atom is 0.334 e. The first kappa shape index (κ1) is 16.5. The van der Waals surface area contributed by atoms with Crippen molar-refractivity contribution in [2.75, 3.05) is 18.9 Å². The molecule has 9 nitrogen and oxygen atoms in total. The molecule has 0 spiro atoms. The second kappa shape index (κ2) is 5.76. The van der Waals surface area contributed by atoms with Gasteiger partial charge in [-0.1, -0.05) is 0 Å². The fourth-order valence-corrected chi connectivity index (χ4v) is 2.26. The zero-order chi connectivity index (χ0) is 17.4. The van der Waals surface area contributed by atoms with Gasteiger partial charge in [0.1, 0.15) is 6.54 Å². The Labute approximate surface area is 129 Å². The molecule has 0 saturated carbocycles. The fourth-order valence-electron chi connectivity index (χ4n) is 1.80. The van der Waals surface area contributed by atoms with E-state index in [1.54, 1.807) is 0 Å². The number of nitrogens with one attached hydrogen (secondary N) is 1. The molecule has 1 heterocycles. The monoisotopic (exact) mass is 343 g/mol. The van der Waals surface area contributed by atoms with Gasteiger partial charge in [0.05, 0.1) is 4.90 Å². The molecule has 0 bridgehead atoms. The molecule has 2 rings (SSSR count). The van der Waals surface area contributed by atoms with E-state index in [4.69, 9.17) is 0 Å². The number of nitrogens with zero attached hydrogens (tertiary/aromatic N) is 2. The van der Waals surface area contributed by atoms with Crippen LogP contribution in [0.5, 0.6) is 0 Å². The van der Waals surface area contributed by atoms with E-state index in [1.807, 2.05) is 0 Å². The zero-order valence-electron chi connectivity index (χ0n) is 11.6. The van der Waals surface area contributed by atoms with Crippen molar-refractivity contribution < 1.29 is 31.5 Å². The minimum Gasteiger partial charge on any atom is -0.325 e. The van der Waals surface area contributed by atoms with Crippen LogP contribution in [0.1, 0.15) is 0 Å². The predicted octanol–water partition coefficient (Wildman–Crippen LogP) is -0.296. The Kier molecular flexibility index (Phi) is 4.14. The molecule has 1 aromatic carbocycles. The van der Waals surface area contributed by atoms with Crippen LogP contribution >= 0.6 is 0 Å². The first-order valence-electron chi connectivity index (χ1n) is 6.09. The predicted molar refractivity (Wildman–Crippen MR) is 73.2 cm³/mol. The van der Waals surface area contributed by atoms with Crippen LogP contribution in [-0.2, 0) is 24.6 Å². The highest BCUT2D eigenvalue weighted by Crippen LogP contribution is 2.16. The van der Waals surface area contributed by atoms with Crippen molar-refractivity contribution in [2.45, 2.75) is 4.90 Å². The Morgan fingerprint density at radius 2 is 1.70 bits per heavy atom. The quantitative estimate of drug-likeness (QED) is 0.455. The molecule has 1 aliphatic heterocycles. The van der Waals surface area contributed by atoms with Crippen LogP contribution < -0.4 is 5.32 Å². The van der Waals surface area contributed by atoms with E-state index in [9.17, 15) is 31.5 Å². The van der Waals surface area contributed by atoms with Gasteiger partial charge in [-0.2, -0.15) is 8.42 Å².